The van der Waals surface area contributed by atoms with Gasteiger partial charge in [0, 0.05) is 6.54 Å². The van der Waals surface area contributed by atoms with Crippen molar-refractivity contribution < 1.29 is 19.1 Å². The summed E-state index contributed by atoms with van der Waals surface area (Å²) in [6.07, 6.45) is -0.792. The fourth-order valence-corrected chi connectivity index (χ4v) is 0.958. The molecule has 0 aromatic carbocycles. The van der Waals surface area contributed by atoms with Gasteiger partial charge in [-0.3, -0.25) is 0 Å². The van der Waals surface area contributed by atoms with Gasteiger partial charge in [-0.2, -0.15) is 4.99 Å². The van der Waals surface area contributed by atoms with Crippen LogP contribution >= 0.6 is 0 Å². The highest BCUT2D eigenvalue weighted by Gasteiger charge is 2.19. The SMILES string of the molecule is COC(=O)C(CN(C)C)=NC(=O)OC(C)(C)C. The van der Waals surface area contributed by atoms with E-state index >= 15 is 0 Å². The Morgan fingerprint density at radius 3 is 2.12 bits per heavy atom. The summed E-state index contributed by atoms with van der Waals surface area (Å²) in [6, 6.07) is 0. The lowest BCUT2D eigenvalue weighted by atomic mass is 10.2. The van der Waals surface area contributed by atoms with Crippen molar-refractivity contribution in [3.8, 4) is 0 Å². The zero-order chi connectivity index (χ0) is 13.6. The van der Waals surface area contributed by atoms with Crippen molar-refractivity contribution in [1.82, 2.24) is 4.90 Å². The van der Waals surface area contributed by atoms with Crippen LogP contribution in [0, 0.1) is 0 Å². The molecule has 0 rings (SSSR count). The van der Waals surface area contributed by atoms with Crippen LogP contribution in [0.5, 0.6) is 0 Å². The van der Waals surface area contributed by atoms with E-state index in [1.807, 2.05) is 0 Å². The topological polar surface area (TPSA) is 68.2 Å². The van der Waals surface area contributed by atoms with Gasteiger partial charge in [0.2, 0.25) is 0 Å². The summed E-state index contributed by atoms with van der Waals surface area (Å²) in [5.74, 6) is -0.635. The van der Waals surface area contributed by atoms with Crippen LogP contribution in [0.3, 0.4) is 0 Å². The van der Waals surface area contributed by atoms with Crippen molar-refractivity contribution >= 4 is 17.8 Å². The quantitative estimate of drug-likeness (QED) is 0.549. The molecule has 17 heavy (non-hydrogen) atoms. The molecule has 0 aliphatic rings. The highest BCUT2D eigenvalue weighted by molar-refractivity contribution is 6.38. The third-order valence-corrected chi connectivity index (χ3v) is 1.51. The summed E-state index contributed by atoms with van der Waals surface area (Å²) < 4.78 is 9.53. The van der Waals surface area contributed by atoms with Crippen molar-refractivity contribution in [3.05, 3.63) is 0 Å². The number of hydrogen-bond donors (Lipinski definition) is 0. The number of rotatable bonds is 3. The first-order valence-electron chi connectivity index (χ1n) is 5.19. The predicted molar refractivity (Wildman–Crippen MR) is 64.2 cm³/mol. The van der Waals surface area contributed by atoms with Crippen molar-refractivity contribution in [2.24, 2.45) is 4.99 Å². The van der Waals surface area contributed by atoms with Crippen LogP contribution in [0.25, 0.3) is 0 Å². The second kappa shape index (κ2) is 6.34. The minimum absolute atomic E-state index is 0.0201. The molecule has 0 atom stereocenters. The number of ether oxygens (including phenoxy) is 2. The van der Waals surface area contributed by atoms with Gasteiger partial charge < -0.3 is 14.4 Å². The number of hydrogen-bond acceptors (Lipinski definition) is 5. The Kier molecular flexibility index (Phi) is 5.81. The normalized spacial score (nSPS) is 12.5. The van der Waals surface area contributed by atoms with Gasteiger partial charge in [0.25, 0.3) is 0 Å². The smallest absolute Gasteiger partial charge is 0.434 e. The molecule has 0 N–H and O–H groups in total. The maximum Gasteiger partial charge on any atom is 0.434 e. The Bertz CT molecular complexity index is 316. The van der Waals surface area contributed by atoms with Crippen molar-refractivity contribution in [1.29, 1.82) is 0 Å². The molecule has 0 aliphatic heterocycles. The standard InChI is InChI=1S/C11H20N2O4/c1-11(2,3)17-10(15)12-8(7-13(4)5)9(14)16-6/h7H2,1-6H3. The molecule has 0 heterocycles. The monoisotopic (exact) mass is 244 g/mol. The molecular formula is C11H20N2O4. The Morgan fingerprint density at radius 1 is 1.24 bits per heavy atom. The third-order valence-electron chi connectivity index (χ3n) is 1.51. The first kappa shape index (κ1) is 15.6. The first-order chi connectivity index (χ1) is 7.65. The van der Waals surface area contributed by atoms with E-state index in [9.17, 15) is 9.59 Å². The van der Waals surface area contributed by atoms with Crippen molar-refractivity contribution in [3.63, 3.8) is 0 Å². The second-order valence-electron chi connectivity index (χ2n) is 4.77. The van der Waals surface area contributed by atoms with Gasteiger partial charge in [0.1, 0.15) is 11.3 Å². The largest absolute Gasteiger partial charge is 0.464 e. The van der Waals surface area contributed by atoms with Gasteiger partial charge in [-0.15, -0.1) is 0 Å². The molecule has 1 amide bonds. The van der Waals surface area contributed by atoms with Crippen LogP contribution in [-0.2, 0) is 14.3 Å². The fourth-order valence-electron chi connectivity index (χ4n) is 0.958. The lowest BCUT2D eigenvalue weighted by Gasteiger charge is -2.18. The number of nitrogens with zero attached hydrogens (tertiary/aromatic N) is 2. The highest BCUT2D eigenvalue weighted by Crippen LogP contribution is 2.08. The molecule has 0 bridgehead atoms. The summed E-state index contributed by atoms with van der Waals surface area (Å²) in [4.78, 5) is 28.1. The number of amides is 1. The zero-order valence-electron chi connectivity index (χ0n) is 11.2. The summed E-state index contributed by atoms with van der Waals surface area (Å²) in [5, 5.41) is 0. The van der Waals surface area contributed by atoms with Gasteiger partial charge in [-0.1, -0.05) is 0 Å². The van der Waals surface area contributed by atoms with Crippen LogP contribution in [0.15, 0.2) is 4.99 Å². The van der Waals surface area contributed by atoms with E-state index < -0.39 is 17.7 Å². The second-order valence-corrected chi connectivity index (χ2v) is 4.77. The summed E-state index contributed by atoms with van der Waals surface area (Å²) in [7, 11) is 4.75. The predicted octanol–water partition coefficient (Wildman–Crippen LogP) is 1.10. The lowest BCUT2D eigenvalue weighted by molar-refractivity contribution is -0.132. The Balaban J connectivity index is 4.79. The van der Waals surface area contributed by atoms with Crippen LogP contribution in [0.1, 0.15) is 20.8 Å². The minimum Gasteiger partial charge on any atom is -0.464 e. The Labute approximate surface area is 102 Å². The summed E-state index contributed by atoms with van der Waals surface area (Å²) in [6.45, 7) is 5.39. The fraction of sp³-hybridized carbons (Fsp3) is 0.727. The molecule has 0 spiro atoms. The average Bonchev–Trinajstić information content (AvgIpc) is 2.11. The van der Waals surface area contributed by atoms with Gasteiger partial charge in [-0.05, 0) is 34.9 Å². The number of carbonyl (C=O) groups is 2. The molecule has 0 aromatic rings. The number of aliphatic imine (C=N–C) groups is 1. The molecule has 6 nitrogen and oxygen atoms in total. The third kappa shape index (κ3) is 7.46. The van der Waals surface area contributed by atoms with Gasteiger partial charge in [0.15, 0.2) is 0 Å². The molecule has 0 aromatic heterocycles. The maximum atomic E-state index is 11.4. The maximum absolute atomic E-state index is 11.4. The molecule has 0 saturated heterocycles. The number of methoxy groups -OCH3 is 1. The zero-order valence-corrected chi connectivity index (χ0v) is 11.2. The molecule has 98 valence electrons. The molecular weight excluding hydrogens is 224 g/mol. The van der Waals surface area contributed by atoms with E-state index in [1.54, 1.807) is 39.8 Å². The van der Waals surface area contributed by atoms with Crippen LogP contribution in [0.2, 0.25) is 0 Å². The van der Waals surface area contributed by atoms with Crippen molar-refractivity contribution in [2.75, 3.05) is 27.7 Å². The van der Waals surface area contributed by atoms with E-state index in [0.717, 1.165) is 0 Å². The van der Waals surface area contributed by atoms with Crippen molar-refractivity contribution in [2.45, 2.75) is 26.4 Å². The first-order valence-corrected chi connectivity index (χ1v) is 5.19. The Hall–Kier alpha value is -1.43. The Morgan fingerprint density at radius 2 is 1.76 bits per heavy atom. The lowest BCUT2D eigenvalue weighted by Crippen LogP contribution is -2.31. The molecule has 0 radical (unpaired) electrons. The molecule has 0 saturated carbocycles. The van der Waals surface area contributed by atoms with Crippen LogP contribution in [0.4, 0.5) is 4.79 Å². The average molecular weight is 244 g/mol. The number of esters is 1. The van der Waals surface area contributed by atoms with E-state index in [2.05, 4.69) is 9.73 Å². The molecule has 0 unspecified atom stereocenters. The molecule has 6 heteroatoms. The summed E-state index contributed by atoms with van der Waals surface area (Å²) >= 11 is 0. The van der Waals surface area contributed by atoms with E-state index in [1.165, 1.54) is 7.11 Å². The summed E-state index contributed by atoms with van der Waals surface area (Å²) in [5.41, 5.74) is -0.619. The van der Waals surface area contributed by atoms with E-state index in [0.29, 0.717) is 0 Å². The highest BCUT2D eigenvalue weighted by atomic mass is 16.6. The van der Waals surface area contributed by atoms with Gasteiger partial charge in [0.05, 0.1) is 7.11 Å². The van der Waals surface area contributed by atoms with E-state index in [4.69, 9.17) is 4.74 Å². The minimum atomic E-state index is -0.792. The van der Waals surface area contributed by atoms with Gasteiger partial charge in [-0.25, -0.2) is 9.59 Å². The molecule has 0 fully saturated rings. The molecule has 0 aliphatic carbocycles. The van der Waals surface area contributed by atoms with Crippen LogP contribution < -0.4 is 0 Å². The van der Waals surface area contributed by atoms with E-state index in [-0.39, 0.29) is 12.3 Å². The van der Waals surface area contributed by atoms with Gasteiger partial charge >= 0.3 is 12.1 Å². The number of carbonyl (C=O) groups excluding carboxylic acids is 2. The van der Waals surface area contributed by atoms with Crippen LogP contribution in [-0.4, -0.2) is 56.0 Å².